The first-order valence-electron chi connectivity index (χ1n) is 6.58. The maximum absolute atomic E-state index is 11.8. The van der Waals surface area contributed by atoms with E-state index < -0.39 is 0 Å². The Labute approximate surface area is 131 Å². The molecule has 1 N–H and O–H groups in total. The van der Waals surface area contributed by atoms with Gasteiger partial charge in [-0.25, -0.2) is 0 Å². The SMILES string of the molecule is CN(C)CC(C)(C)CNC(=O)CSc1ccc(Cl)cc1. The van der Waals surface area contributed by atoms with Crippen LogP contribution in [-0.4, -0.2) is 43.7 Å². The van der Waals surface area contributed by atoms with Gasteiger partial charge in [-0.2, -0.15) is 0 Å². The number of amides is 1. The Hall–Kier alpha value is -0.710. The minimum Gasteiger partial charge on any atom is -0.355 e. The smallest absolute Gasteiger partial charge is 0.230 e. The number of nitrogens with one attached hydrogen (secondary N) is 1. The highest BCUT2D eigenvalue weighted by atomic mass is 35.5. The first-order valence-corrected chi connectivity index (χ1v) is 7.95. The Morgan fingerprint density at radius 3 is 2.45 bits per heavy atom. The van der Waals surface area contributed by atoms with Crippen LogP contribution in [0.1, 0.15) is 13.8 Å². The van der Waals surface area contributed by atoms with Crippen LogP contribution in [0.15, 0.2) is 29.2 Å². The van der Waals surface area contributed by atoms with Crippen molar-refractivity contribution in [2.24, 2.45) is 5.41 Å². The van der Waals surface area contributed by atoms with Gasteiger partial charge in [0, 0.05) is 23.0 Å². The third-order valence-corrected chi connectivity index (χ3v) is 3.96. The molecule has 0 aliphatic rings. The molecule has 0 unspecified atom stereocenters. The van der Waals surface area contributed by atoms with Crippen molar-refractivity contribution in [3.05, 3.63) is 29.3 Å². The predicted octanol–water partition coefficient (Wildman–Crippen LogP) is 3.14. The number of carbonyl (C=O) groups excluding carboxylic acids is 1. The standard InChI is InChI=1S/C15H23ClN2OS/c1-15(2,11-18(3)4)10-17-14(19)9-20-13-7-5-12(16)6-8-13/h5-8H,9-11H2,1-4H3,(H,17,19). The second-order valence-electron chi connectivity index (χ2n) is 5.92. The van der Waals surface area contributed by atoms with E-state index in [1.54, 1.807) is 0 Å². The van der Waals surface area contributed by atoms with Gasteiger partial charge in [0.05, 0.1) is 5.75 Å². The number of benzene rings is 1. The van der Waals surface area contributed by atoms with E-state index in [1.807, 2.05) is 38.4 Å². The molecule has 112 valence electrons. The molecule has 0 saturated heterocycles. The van der Waals surface area contributed by atoms with E-state index in [2.05, 4.69) is 24.1 Å². The highest BCUT2D eigenvalue weighted by Crippen LogP contribution is 2.20. The summed E-state index contributed by atoms with van der Waals surface area (Å²) in [5.41, 5.74) is 0.0735. The Morgan fingerprint density at radius 2 is 1.90 bits per heavy atom. The number of rotatable bonds is 7. The quantitative estimate of drug-likeness (QED) is 0.785. The zero-order valence-corrected chi connectivity index (χ0v) is 14.1. The number of thioether (sulfide) groups is 1. The summed E-state index contributed by atoms with van der Waals surface area (Å²) in [7, 11) is 4.08. The van der Waals surface area contributed by atoms with Gasteiger partial charge in [-0.15, -0.1) is 11.8 Å². The largest absolute Gasteiger partial charge is 0.355 e. The van der Waals surface area contributed by atoms with E-state index in [-0.39, 0.29) is 11.3 Å². The molecule has 0 fully saturated rings. The maximum atomic E-state index is 11.8. The molecule has 0 bridgehead atoms. The zero-order chi connectivity index (χ0) is 15.2. The first-order chi connectivity index (χ1) is 9.28. The number of hydrogen-bond donors (Lipinski definition) is 1. The molecule has 0 aliphatic carbocycles. The van der Waals surface area contributed by atoms with Crippen molar-refractivity contribution in [1.29, 1.82) is 0 Å². The monoisotopic (exact) mass is 314 g/mol. The number of nitrogens with zero attached hydrogens (tertiary/aromatic N) is 1. The number of halogens is 1. The molecule has 0 atom stereocenters. The van der Waals surface area contributed by atoms with Gasteiger partial charge in [0.15, 0.2) is 0 Å². The molecule has 1 aromatic rings. The molecule has 0 heterocycles. The lowest BCUT2D eigenvalue weighted by atomic mass is 9.93. The van der Waals surface area contributed by atoms with Crippen LogP contribution in [0.2, 0.25) is 5.02 Å². The summed E-state index contributed by atoms with van der Waals surface area (Å²) in [5, 5.41) is 3.71. The van der Waals surface area contributed by atoms with Gasteiger partial charge >= 0.3 is 0 Å². The Bertz CT molecular complexity index is 432. The average molecular weight is 315 g/mol. The van der Waals surface area contributed by atoms with Crippen molar-refractivity contribution >= 4 is 29.3 Å². The van der Waals surface area contributed by atoms with Gasteiger partial charge in [-0.3, -0.25) is 4.79 Å². The lowest BCUT2D eigenvalue weighted by Gasteiger charge is -2.28. The molecule has 0 aliphatic heterocycles. The summed E-state index contributed by atoms with van der Waals surface area (Å²) in [6.07, 6.45) is 0. The molecular formula is C15H23ClN2OS. The molecule has 0 aromatic heterocycles. The third kappa shape index (κ3) is 7.17. The van der Waals surface area contributed by atoms with E-state index in [9.17, 15) is 4.79 Å². The van der Waals surface area contributed by atoms with Crippen molar-refractivity contribution in [2.75, 3.05) is 32.9 Å². The maximum Gasteiger partial charge on any atom is 0.230 e. The molecule has 1 rings (SSSR count). The number of hydrogen-bond acceptors (Lipinski definition) is 3. The summed E-state index contributed by atoms with van der Waals surface area (Å²) in [4.78, 5) is 15.0. The fraction of sp³-hybridized carbons (Fsp3) is 0.533. The van der Waals surface area contributed by atoms with Gasteiger partial charge in [-0.1, -0.05) is 25.4 Å². The van der Waals surface area contributed by atoms with Crippen molar-refractivity contribution in [3.8, 4) is 0 Å². The topological polar surface area (TPSA) is 32.3 Å². The van der Waals surface area contributed by atoms with Gasteiger partial charge in [0.1, 0.15) is 0 Å². The minimum atomic E-state index is 0.0665. The summed E-state index contributed by atoms with van der Waals surface area (Å²) in [6, 6.07) is 7.52. The lowest BCUT2D eigenvalue weighted by molar-refractivity contribution is -0.119. The van der Waals surface area contributed by atoms with Crippen LogP contribution in [0.5, 0.6) is 0 Å². The second-order valence-corrected chi connectivity index (χ2v) is 7.41. The summed E-state index contributed by atoms with van der Waals surface area (Å²) in [5.74, 6) is 0.497. The highest BCUT2D eigenvalue weighted by molar-refractivity contribution is 8.00. The van der Waals surface area contributed by atoms with Crippen LogP contribution in [0, 0.1) is 5.41 Å². The van der Waals surface area contributed by atoms with Crippen LogP contribution in [-0.2, 0) is 4.79 Å². The summed E-state index contributed by atoms with van der Waals surface area (Å²) in [6.45, 7) is 5.93. The molecule has 0 saturated carbocycles. The van der Waals surface area contributed by atoms with Gasteiger partial charge in [0.25, 0.3) is 0 Å². The van der Waals surface area contributed by atoms with Gasteiger partial charge < -0.3 is 10.2 Å². The van der Waals surface area contributed by atoms with Crippen LogP contribution in [0.25, 0.3) is 0 Å². The predicted molar refractivity (Wildman–Crippen MR) is 87.5 cm³/mol. The summed E-state index contributed by atoms with van der Waals surface area (Å²) >= 11 is 7.34. The molecule has 1 aromatic carbocycles. The van der Waals surface area contributed by atoms with Gasteiger partial charge in [-0.05, 0) is 43.8 Å². The molecule has 1 amide bonds. The van der Waals surface area contributed by atoms with Crippen molar-refractivity contribution in [2.45, 2.75) is 18.7 Å². The second kappa shape index (κ2) is 7.91. The molecular weight excluding hydrogens is 292 g/mol. The highest BCUT2D eigenvalue weighted by Gasteiger charge is 2.19. The fourth-order valence-electron chi connectivity index (χ4n) is 1.98. The Balaban J connectivity index is 2.32. The molecule has 0 radical (unpaired) electrons. The van der Waals surface area contributed by atoms with Crippen molar-refractivity contribution in [1.82, 2.24) is 10.2 Å². The van der Waals surface area contributed by atoms with E-state index in [0.29, 0.717) is 17.3 Å². The zero-order valence-electron chi connectivity index (χ0n) is 12.6. The Morgan fingerprint density at radius 1 is 1.30 bits per heavy atom. The first kappa shape index (κ1) is 17.3. The Kier molecular flexibility index (Phi) is 6.86. The molecule has 3 nitrogen and oxygen atoms in total. The van der Waals surface area contributed by atoms with E-state index >= 15 is 0 Å². The van der Waals surface area contributed by atoms with Crippen molar-refractivity contribution in [3.63, 3.8) is 0 Å². The van der Waals surface area contributed by atoms with E-state index in [4.69, 9.17) is 11.6 Å². The van der Waals surface area contributed by atoms with Crippen molar-refractivity contribution < 1.29 is 4.79 Å². The van der Waals surface area contributed by atoms with E-state index in [0.717, 1.165) is 11.4 Å². The minimum absolute atomic E-state index is 0.0665. The average Bonchev–Trinajstić information content (AvgIpc) is 2.34. The van der Waals surface area contributed by atoms with Crippen LogP contribution >= 0.6 is 23.4 Å². The molecule has 0 spiro atoms. The molecule has 5 heteroatoms. The lowest BCUT2D eigenvalue weighted by Crippen LogP contribution is -2.40. The van der Waals surface area contributed by atoms with Crippen LogP contribution in [0.3, 0.4) is 0 Å². The van der Waals surface area contributed by atoms with Crippen LogP contribution < -0.4 is 5.32 Å². The van der Waals surface area contributed by atoms with E-state index in [1.165, 1.54) is 11.8 Å². The third-order valence-electron chi connectivity index (χ3n) is 2.69. The van der Waals surface area contributed by atoms with Crippen LogP contribution in [0.4, 0.5) is 0 Å². The summed E-state index contributed by atoms with van der Waals surface area (Å²) < 4.78 is 0. The number of carbonyl (C=O) groups is 1. The molecule has 20 heavy (non-hydrogen) atoms. The fourth-order valence-corrected chi connectivity index (χ4v) is 2.83. The normalized spacial score (nSPS) is 11.7. The van der Waals surface area contributed by atoms with Gasteiger partial charge in [0.2, 0.25) is 5.91 Å².